The molecule has 5 unspecified atom stereocenters. The van der Waals surface area contributed by atoms with Crippen LogP contribution in [0.3, 0.4) is 0 Å². The summed E-state index contributed by atoms with van der Waals surface area (Å²) in [5.74, 6) is -3.09. The number of hydrogen-bond acceptors (Lipinski definition) is 9. The molecule has 0 spiro atoms. The lowest BCUT2D eigenvalue weighted by atomic mass is 9.81. The van der Waals surface area contributed by atoms with E-state index in [0.29, 0.717) is 12.8 Å². The number of hydrogen-bond donors (Lipinski definition) is 0. The van der Waals surface area contributed by atoms with Crippen LogP contribution in [0.4, 0.5) is 0 Å². The summed E-state index contributed by atoms with van der Waals surface area (Å²) < 4.78 is 43.4. The van der Waals surface area contributed by atoms with Crippen LogP contribution in [0.15, 0.2) is 12.7 Å². The fourth-order valence-corrected chi connectivity index (χ4v) is 6.43. The maximum Gasteiger partial charge on any atom is 0.344 e. The third-order valence-corrected chi connectivity index (χ3v) is 7.31. The fourth-order valence-electron chi connectivity index (χ4n) is 4.27. The van der Waals surface area contributed by atoms with E-state index in [1.54, 1.807) is 0 Å². The minimum absolute atomic E-state index is 0.240. The Morgan fingerprint density at radius 3 is 2.64 bits per heavy atom. The second-order valence-electron chi connectivity index (χ2n) is 6.36. The van der Waals surface area contributed by atoms with Gasteiger partial charge in [0.15, 0.2) is 11.4 Å². The lowest BCUT2D eigenvalue weighted by molar-refractivity contribution is -0.164. The Hall–Kier alpha value is -1.94. The van der Waals surface area contributed by atoms with Gasteiger partial charge in [0.2, 0.25) is 0 Å². The van der Waals surface area contributed by atoms with Crippen molar-refractivity contribution in [1.29, 1.82) is 0 Å². The number of fused-ring (bicyclic) bond motifs is 1. The molecule has 2 bridgehead atoms. The Labute approximate surface area is 144 Å². The highest BCUT2D eigenvalue weighted by Gasteiger charge is 2.76. The van der Waals surface area contributed by atoms with Crippen molar-refractivity contribution < 1.29 is 41.2 Å². The van der Waals surface area contributed by atoms with E-state index in [0.717, 1.165) is 13.2 Å². The van der Waals surface area contributed by atoms with Gasteiger partial charge in [-0.25, -0.2) is 9.59 Å². The van der Waals surface area contributed by atoms with E-state index >= 15 is 0 Å². The van der Waals surface area contributed by atoms with Gasteiger partial charge in [-0.15, -0.1) is 0 Å². The smallest absolute Gasteiger partial charge is 0.344 e. The topological polar surface area (TPSA) is 122 Å². The molecule has 3 rings (SSSR count). The molecule has 1 saturated heterocycles. The maximum atomic E-state index is 12.6. The zero-order chi connectivity index (χ0) is 18.4. The Bertz CT molecular complexity index is 727. The van der Waals surface area contributed by atoms with E-state index in [-0.39, 0.29) is 5.92 Å². The fraction of sp³-hybridized carbons (Fsp3) is 0.667. The largest absolute Gasteiger partial charge is 0.469 e. The summed E-state index contributed by atoms with van der Waals surface area (Å²) in [7, 11) is -2.98. The van der Waals surface area contributed by atoms with Gasteiger partial charge in [-0.3, -0.25) is 8.98 Å². The summed E-state index contributed by atoms with van der Waals surface area (Å²) in [5, 5.41) is 0. The molecule has 25 heavy (non-hydrogen) atoms. The minimum atomic E-state index is -4.13. The van der Waals surface area contributed by atoms with Crippen molar-refractivity contribution in [2.24, 2.45) is 11.8 Å². The first-order valence-electron chi connectivity index (χ1n) is 7.73. The van der Waals surface area contributed by atoms with Gasteiger partial charge >= 0.3 is 17.9 Å². The number of methoxy groups -OCH3 is 1. The van der Waals surface area contributed by atoms with E-state index in [1.807, 2.05) is 0 Å². The van der Waals surface area contributed by atoms with Crippen molar-refractivity contribution in [3.8, 4) is 0 Å². The van der Waals surface area contributed by atoms with Gasteiger partial charge in [0.1, 0.15) is 6.10 Å². The molecule has 0 radical (unpaired) electrons. The molecule has 0 aromatic rings. The molecule has 2 aliphatic carbocycles. The van der Waals surface area contributed by atoms with Crippen LogP contribution >= 0.6 is 0 Å². The summed E-state index contributed by atoms with van der Waals surface area (Å²) in [6, 6.07) is 0. The van der Waals surface area contributed by atoms with E-state index in [4.69, 9.17) is 8.92 Å². The molecule has 0 amide bonds. The van der Waals surface area contributed by atoms with E-state index < -0.39 is 63.9 Å². The molecule has 3 fully saturated rings. The highest BCUT2D eigenvalue weighted by atomic mass is 32.2. The van der Waals surface area contributed by atoms with Crippen molar-refractivity contribution in [2.45, 2.75) is 36.2 Å². The van der Waals surface area contributed by atoms with E-state index in [9.17, 15) is 22.8 Å². The molecule has 1 heterocycles. The highest BCUT2D eigenvalue weighted by molar-refractivity contribution is 7.88. The van der Waals surface area contributed by atoms with Crippen LogP contribution in [0.25, 0.3) is 0 Å². The van der Waals surface area contributed by atoms with Gasteiger partial charge in [0.05, 0.1) is 19.6 Å². The minimum Gasteiger partial charge on any atom is -0.469 e. The third-order valence-electron chi connectivity index (χ3n) is 5.20. The molecular formula is C15H18O9S. The van der Waals surface area contributed by atoms with Crippen LogP contribution in [-0.4, -0.2) is 57.0 Å². The molecular weight excluding hydrogens is 356 g/mol. The molecule has 2 saturated carbocycles. The number of ether oxygens (including phenoxy) is 3. The predicted molar refractivity (Wildman–Crippen MR) is 80.4 cm³/mol. The van der Waals surface area contributed by atoms with Gasteiger partial charge in [-0.1, -0.05) is 6.58 Å². The van der Waals surface area contributed by atoms with Crippen molar-refractivity contribution in [2.75, 3.05) is 13.7 Å². The number of esters is 3. The van der Waals surface area contributed by atoms with Crippen LogP contribution < -0.4 is 0 Å². The number of carbonyl (C=O) groups excluding carboxylic acids is 3. The number of rotatable bonds is 6. The Morgan fingerprint density at radius 1 is 1.28 bits per heavy atom. The van der Waals surface area contributed by atoms with E-state index in [2.05, 4.69) is 16.1 Å². The molecule has 3 aliphatic rings. The summed E-state index contributed by atoms with van der Waals surface area (Å²) >= 11 is 0. The van der Waals surface area contributed by atoms with Crippen LogP contribution in [0, 0.1) is 11.8 Å². The van der Waals surface area contributed by atoms with Crippen molar-refractivity contribution in [3.05, 3.63) is 12.7 Å². The van der Waals surface area contributed by atoms with Gasteiger partial charge in [-0.05, 0) is 12.8 Å². The molecule has 1 aliphatic heterocycles. The summed E-state index contributed by atoms with van der Waals surface area (Å²) in [6.45, 7) is 2.53. The second kappa shape index (κ2) is 6.10. The molecule has 9 nitrogen and oxygen atoms in total. The van der Waals surface area contributed by atoms with Gasteiger partial charge < -0.3 is 14.2 Å². The molecule has 5 atom stereocenters. The van der Waals surface area contributed by atoms with Crippen LogP contribution in [0.5, 0.6) is 0 Å². The van der Waals surface area contributed by atoms with Crippen LogP contribution in [0.1, 0.15) is 19.3 Å². The first-order chi connectivity index (χ1) is 11.7. The summed E-state index contributed by atoms with van der Waals surface area (Å²) in [6.07, 6.45) is -0.205. The first-order valence-corrected chi connectivity index (χ1v) is 9.14. The average Bonchev–Trinajstić information content (AvgIpc) is 3.13. The monoisotopic (exact) mass is 374 g/mol. The second-order valence-corrected chi connectivity index (χ2v) is 8.22. The average molecular weight is 374 g/mol. The van der Waals surface area contributed by atoms with Crippen molar-refractivity contribution in [1.82, 2.24) is 0 Å². The summed E-state index contributed by atoms with van der Waals surface area (Å²) in [4.78, 5) is 34.9. The number of carbonyl (C=O) groups is 3. The lowest BCUT2D eigenvalue weighted by Crippen LogP contribution is -2.53. The zero-order valence-electron chi connectivity index (χ0n) is 13.5. The normalized spacial score (nSPS) is 36.7. The third kappa shape index (κ3) is 2.63. The summed E-state index contributed by atoms with van der Waals surface area (Å²) in [5.41, 5.74) is 0. The van der Waals surface area contributed by atoms with Crippen molar-refractivity contribution >= 4 is 28.0 Å². The molecule has 0 aromatic heterocycles. The van der Waals surface area contributed by atoms with Crippen LogP contribution in [-0.2, 0) is 42.9 Å². The van der Waals surface area contributed by atoms with E-state index in [1.165, 1.54) is 0 Å². The molecule has 10 heteroatoms. The molecule has 138 valence electrons. The molecule has 0 N–H and O–H groups in total. The molecule has 0 aromatic carbocycles. The van der Waals surface area contributed by atoms with Gasteiger partial charge in [0, 0.05) is 17.9 Å². The zero-order valence-corrected chi connectivity index (χ0v) is 14.3. The first kappa shape index (κ1) is 17.9. The Balaban J connectivity index is 1.85. The SMILES string of the molecule is C=CC(=O)OCC(=O)OC1C2CC3OS(=O)(=O)C1(CC(=O)OC)C3C2. The Kier molecular flexibility index (Phi) is 4.36. The lowest BCUT2D eigenvalue weighted by Gasteiger charge is -2.35. The van der Waals surface area contributed by atoms with Crippen LogP contribution in [0.2, 0.25) is 0 Å². The van der Waals surface area contributed by atoms with Gasteiger partial charge in [0.25, 0.3) is 10.1 Å². The quantitative estimate of drug-likeness (QED) is 0.267. The van der Waals surface area contributed by atoms with Gasteiger partial charge in [-0.2, -0.15) is 8.42 Å². The van der Waals surface area contributed by atoms with Crippen molar-refractivity contribution in [3.63, 3.8) is 0 Å². The Morgan fingerprint density at radius 2 is 2.00 bits per heavy atom. The predicted octanol–water partition coefficient (Wildman–Crippen LogP) is -0.302. The maximum absolute atomic E-state index is 12.6. The standard InChI is InChI=1S/C15H18O9S/c1-3-11(16)22-7-13(18)23-14-8-4-9-10(5-8)24-25(19,20)15(9,14)6-12(17)21-2/h3,8-10,14H,1,4-7H2,2H3. The highest BCUT2D eigenvalue weighted by Crippen LogP contribution is 2.63.